The van der Waals surface area contributed by atoms with Gasteiger partial charge in [-0.1, -0.05) is 63.9 Å². The Hall–Kier alpha value is -1.84. The lowest BCUT2D eigenvalue weighted by atomic mass is 9.72. The van der Waals surface area contributed by atoms with Crippen LogP contribution >= 0.6 is 0 Å². The third-order valence-corrected chi connectivity index (χ3v) is 5.81. The van der Waals surface area contributed by atoms with Gasteiger partial charge >= 0.3 is 5.97 Å². The molecule has 4 heteroatoms. The number of amides is 1. The number of rotatable bonds is 6. The lowest BCUT2D eigenvalue weighted by Gasteiger charge is -2.40. The van der Waals surface area contributed by atoms with Crippen molar-refractivity contribution in [3.8, 4) is 0 Å². The lowest BCUT2D eigenvalue weighted by Crippen LogP contribution is -2.50. The summed E-state index contributed by atoms with van der Waals surface area (Å²) in [6, 6.07) is 9.44. The fourth-order valence-corrected chi connectivity index (χ4v) is 3.98. The minimum absolute atomic E-state index is 0.00838. The lowest BCUT2D eigenvalue weighted by molar-refractivity contribution is -0.149. The highest BCUT2D eigenvalue weighted by atomic mass is 16.4. The Bertz CT molecular complexity index is 558. The second-order valence-electron chi connectivity index (χ2n) is 6.94. The number of carboxylic acid groups (broad SMARTS) is 1. The Morgan fingerprint density at radius 2 is 1.67 bits per heavy atom. The quantitative estimate of drug-likeness (QED) is 0.864. The average molecular weight is 331 g/mol. The van der Waals surface area contributed by atoms with Crippen LogP contribution in [0.1, 0.15) is 52.0 Å². The fourth-order valence-electron chi connectivity index (χ4n) is 3.98. The molecule has 4 nitrogen and oxygen atoms in total. The van der Waals surface area contributed by atoms with E-state index in [0.29, 0.717) is 31.8 Å². The zero-order chi connectivity index (χ0) is 17.7. The maximum atomic E-state index is 12.8. The van der Waals surface area contributed by atoms with E-state index < -0.39 is 11.4 Å². The SMILES string of the molecule is CCC(CC)C(C)C(=O)N1CCC(C(=O)O)(c2ccccc2)CC1. The predicted molar refractivity (Wildman–Crippen MR) is 94.8 cm³/mol. The van der Waals surface area contributed by atoms with Crippen molar-refractivity contribution >= 4 is 11.9 Å². The van der Waals surface area contributed by atoms with E-state index in [4.69, 9.17) is 0 Å². The zero-order valence-corrected chi connectivity index (χ0v) is 15.0. The summed E-state index contributed by atoms with van der Waals surface area (Å²) < 4.78 is 0. The fraction of sp³-hybridized carbons (Fsp3) is 0.600. The van der Waals surface area contributed by atoms with Gasteiger partial charge in [0.25, 0.3) is 0 Å². The molecular weight excluding hydrogens is 302 g/mol. The number of hydrogen-bond donors (Lipinski definition) is 1. The number of carbonyl (C=O) groups excluding carboxylic acids is 1. The number of piperidine rings is 1. The molecule has 0 radical (unpaired) electrons. The summed E-state index contributed by atoms with van der Waals surface area (Å²) >= 11 is 0. The van der Waals surface area contributed by atoms with Crippen molar-refractivity contribution < 1.29 is 14.7 Å². The van der Waals surface area contributed by atoms with Gasteiger partial charge in [-0.3, -0.25) is 9.59 Å². The highest BCUT2D eigenvalue weighted by molar-refractivity contribution is 5.83. The van der Waals surface area contributed by atoms with Gasteiger partial charge < -0.3 is 10.0 Å². The molecule has 24 heavy (non-hydrogen) atoms. The minimum Gasteiger partial charge on any atom is -0.481 e. The summed E-state index contributed by atoms with van der Waals surface area (Å²) in [5.74, 6) is -0.198. The normalized spacial score (nSPS) is 18.4. The molecular formula is C20H29NO3. The Labute approximate surface area is 144 Å². The maximum absolute atomic E-state index is 12.8. The molecule has 1 aliphatic rings. The number of carboxylic acids is 1. The predicted octanol–water partition coefficient (Wildman–Crippen LogP) is 3.70. The van der Waals surface area contributed by atoms with E-state index in [1.165, 1.54) is 0 Å². The van der Waals surface area contributed by atoms with Gasteiger partial charge in [0, 0.05) is 19.0 Å². The summed E-state index contributed by atoms with van der Waals surface area (Å²) in [4.78, 5) is 26.6. The molecule has 1 N–H and O–H groups in total. The van der Waals surface area contributed by atoms with Crippen LogP contribution in [0, 0.1) is 11.8 Å². The van der Waals surface area contributed by atoms with E-state index >= 15 is 0 Å². The summed E-state index contributed by atoms with van der Waals surface area (Å²) in [5, 5.41) is 9.84. The van der Waals surface area contributed by atoms with E-state index in [0.717, 1.165) is 18.4 Å². The third kappa shape index (κ3) is 3.47. The summed E-state index contributed by atoms with van der Waals surface area (Å²) in [7, 11) is 0. The zero-order valence-electron chi connectivity index (χ0n) is 15.0. The van der Waals surface area contributed by atoms with Crippen molar-refractivity contribution in [2.75, 3.05) is 13.1 Å². The van der Waals surface area contributed by atoms with Crippen LogP contribution in [0.3, 0.4) is 0 Å². The molecule has 1 fully saturated rings. The van der Waals surface area contributed by atoms with Crippen LogP contribution in [-0.2, 0) is 15.0 Å². The van der Waals surface area contributed by atoms with Gasteiger partial charge in [0.1, 0.15) is 0 Å². The van der Waals surface area contributed by atoms with Gasteiger partial charge in [0.05, 0.1) is 5.41 Å². The van der Waals surface area contributed by atoms with Crippen molar-refractivity contribution in [1.29, 1.82) is 0 Å². The molecule has 1 aromatic carbocycles. The van der Waals surface area contributed by atoms with Gasteiger partial charge in [0.15, 0.2) is 0 Å². The number of nitrogens with zero attached hydrogens (tertiary/aromatic N) is 1. The van der Waals surface area contributed by atoms with E-state index in [9.17, 15) is 14.7 Å². The second kappa shape index (κ2) is 7.82. The molecule has 132 valence electrons. The number of benzene rings is 1. The Balaban J connectivity index is 2.11. The van der Waals surface area contributed by atoms with Crippen LogP contribution in [-0.4, -0.2) is 35.0 Å². The molecule has 2 rings (SSSR count). The monoisotopic (exact) mass is 331 g/mol. The number of aliphatic carboxylic acids is 1. The number of hydrogen-bond acceptors (Lipinski definition) is 2. The van der Waals surface area contributed by atoms with E-state index in [1.807, 2.05) is 42.2 Å². The molecule has 1 amide bonds. The third-order valence-electron chi connectivity index (χ3n) is 5.81. The molecule has 0 bridgehead atoms. The molecule has 1 aliphatic heterocycles. The highest BCUT2D eigenvalue weighted by Crippen LogP contribution is 2.36. The largest absolute Gasteiger partial charge is 0.481 e. The molecule has 1 aromatic rings. The first-order chi connectivity index (χ1) is 11.5. The highest BCUT2D eigenvalue weighted by Gasteiger charge is 2.44. The molecule has 1 atom stereocenters. The van der Waals surface area contributed by atoms with Crippen LogP contribution in [0.15, 0.2) is 30.3 Å². The first-order valence-electron chi connectivity index (χ1n) is 9.04. The van der Waals surface area contributed by atoms with Crippen molar-refractivity contribution in [2.24, 2.45) is 11.8 Å². The van der Waals surface area contributed by atoms with E-state index in [2.05, 4.69) is 13.8 Å². The van der Waals surface area contributed by atoms with E-state index in [-0.39, 0.29) is 11.8 Å². The summed E-state index contributed by atoms with van der Waals surface area (Å²) in [6.45, 7) is 7.29. The van der Waals surface area contributed by atoms with Gasteiger partial charge in [0.2, 0.25) is 5.91 Å². The first-order valence-corrected chi connectivity index (χ1v) is 9.04. The molecule has 1 saturated heterocycles. The van der Waals surface area contributed by atoms with Crippen LogP contribution in [0.25, 0.3) is 0 Å². The van der Waals surface area contributed by atoms with Crippen LogP contribution in [0.5, 0.6) is 0 Å². The van der Waals surface area contributed by atoms with Gasteiger partial charge in [-0.25, -0.2) is 0 Å². The second-order valence-corrected chi connectivity index (χ2v) is 6.94. The first kappa shape index (κ1) is 18.5. The average Bonchev–Trinajstić information content (AvgIpc) is 2.62. The minimum atomic E-state index is -0.865. The molecule has 0 aromatic heterocycles. The van der Waals surface area contributed by atoms with Crippen molar-refractivity contribution in [3.63, 3.8) is 0 Å². The maximum Gasteiger partial charge on any atom is 0.314 e. The smallest absolute Gasteiger partial charge is 0.314 e. The molecule has 1 heterocycles. The summed E-state index contributed by atoms with van der Waals surface area (Å²) in [6.07, 6.45) is 2.96. The van der Waals surface area contributed by atoms with Gasteiger partial charge in [-0.05, 0) is 24.3 Å². The number of likely N-dealkylation sites (tertiary alicyclic amines) is 1. The Morgan fingerprint density at radius 1 is 1.12 bits per heavy atom. The molecule has 1 unspecified atom stereocenters. The Kier molecular flexibility index (Phi) is 6.03. The molecule has 0 spiro atoms. The van der Waals surface area contributed by atoms with Crippen LogP contribution in [0.2, 0.25) is 0 Å². The molecule has 0 saturated carbocycles. The van der Waals surface area contributed by atoms with Crippen molar-refractivity contribution in [2.45, 2.75) is 51.9 Å². The standard InChI is InChI=1S/C20H29NO3/c1-4-16(5-2)15(3)18(22)21-13-11-20(12-14-21,19(23)24)17-9-7-6-8-10-17/h6-10,15-16H,4-5,11-14H2,1-3H3,(H,23,24). The Morgan fingerprint density at radius 3 is 2.12 bits per heavy atom. The van der Waals surface area contributed by atoms with Crippen molar-refractivity contribution in [1.82, 2.24) is 4.90 Å². The van der Waals surface area contributed by atoms with Crippen LogP contribution < -0.4 is 0 Å². The van der Waals surface area contributed by atoms with Gasteiger partial charge in [-0.2, -0.15) is 0 Å². The molecule has 0 aliphatic carbocycles. The van der Waals surface area contributed by atoms with Crippen molar-refractivity contribution in [3.05, 3.63) is 35.9 Å². The summed E-state index contributed by atoms with van der Waals surface area (Å²) in [5.41, 5.74) is -0.0199. The van der Waals surface area contributed by atoms with Crippen LogP contribution in [0.4, 0.5) is 0 Å². The topological polar surface area (TPSA) is 57.6 Å². The van der Waals surface area contributed by atoms with Gasteiger partial charge in [-0.15, -0.1) is 0 Å². The number of carbonyl (C=O) groups is 2. The van der Waals surface area contributed by atoms with E-state index in [1.54, 1.807) is 0 Å².